The highest BCUT2D eigenvalue weighted by molar-refractivity contribution is 5.38. The summed E-state index contributed by atoms with van der Waals surface area (Å²) in [5.74, 6) is 0.448. The van der Waals surface area contributed by atoms with Crippen molar-refractivity contribution in [1.29, 1.82) is 0 Å². The third kappa shape index (κ3) is 3.17. The van der Waals surface area contributed by atoms with E-state index in [2.05, 4.69) is 0 Å². The predicted octanol–water partition coefficient (Wildman–Crippen LogP) is 3.87. The van der Waals surface area contributed by atoms with Crippen molar-refractivity contribution in [2.45, 2.75) is 32.5 Å². The van der Waals surface area contributed by atoms with Crippen LogP contribution in [0.3, 0.4) is 0 Å². The highest BCUT2D eigenvalue weighted by atomic mass is 19.1. The van der Waals surface area contributed by atoms with E-state index in [4.69, 9.17) is 4.74 Å². The molecule has 1 unspecified atom stereocenters. The largest absolute Gasteiger partial charge is 0.491 e. The van der Waals surface area contributed by atoms with E-state index >= 15 is 0 Å². The van der Waals surface area contributed by atoms with E-state index in [1.165, 1.54) is 12.1 Å². The Morgan fingerprint density at radius 2 is 1.40 bits per heavy atom. The summed E-state index contributed by atoms with van der Waals surface area (Å²) in [6, 6.07) is 13.2. The maximum atomic E-state index is 13.0. The van der Waals surface area contributed by atoms with Crippen LogP contribution in [-0.4, -0.2) is 11.2 Å². The summed E-state index contributed by atoms with van der Waals surface area (Å²) in [5.41, 5.74) is 0.223. The van der Waals surface area contributed by atoms with Crippen LogP contribution in [0.25, 0.3) is 0 Å². The van der Waals surface area contributed by atoms with Gasteiger partial charge in [-0.1, -0.05) is 24.3 Å². The van der Waals surface area contributed by atoms with Crippen LogP contribution in [-0.2, 0) is 5.60 Å². The van der Waals surface area contributed by atoms with Gasteiger partial charge in [0.25, 0.3) is 0 Å². The molecule has 2 rings (SSSR count). The Labute approximate surface area is 118 Å². The van der Waals surface area contributed by atoms with Gasteiger partial charge in [-0.2, -0.15) is 0 Å². The van der Waals surface area contributed by atoms with Gasteiger partial charge in [-0.3, -0.25) is 0 Å². The number of aliphatic hydroxyl groups is 1. The molecule has 0 aliphatic rings. The molecule has 2 aromatic carbocycles. The molecule has 0 aliphatic carbocycles. The summed E-state index contributed by atoms with van der Waals surface area (Å²) in [6.45, 7) is 5.61. The van der Waals surface area contributed by atoms with Crippen LogP contribution in [0.1, 0.15) is 31.9 Å². The normalized spacial score (nSPS) is 14.1. The fourth-order valence-corrected chi connectivity index (χ4v) is 2.07. The SMILES string of the molecule is CC(C)Oc1ccc(C(C)(O)c2ccc(F)cc2)cc1. The zero-order valence-corrected chi connectivity index (χ0v) is 11.9. The van der Waals surface area contributed by atoms with Crippen LogP contribution in [0.2, 0.25) is 0 Å². The molecular weight excluding hydrogens is 255 g/mol. The van der Waals surface area contributed by atoms with E-state index in [1.807, 2.05) is 38.1 Å². The quantitative estimate of drug-likeness (QED) is 0.917. The number of halogens is 1. The molecule has 0 saturated heterocycles. The number of hydrogen-bond donors (Lipinski definition) is 1. The van der Waals surface area contributed by atoms with Gasteiger partial charge in [0, 0.05) is 0 Å². The van der Waals surface area contributed by atoms with Gasteiger partial charge in [0.15, 0.2) is 0 Å². The molecule has 0 saturated carbocycles. The molecule has 3 heteroatoms. The van der Waals surface area contributed by atoms with Crippen LogP contribution in [0.4, 0.5) is 4.39 Å². The standard InChI is InChI=1S/C17H19FO2/c1-12(2)20-16-10-6-14(7-11-16)17(3,19)13-4-8-15(18)9-5-13/h4-12,19H,1-3H3. The maximum Gasteiger partial charge on any atom is 0.123 e. The van der Waals surface area contributed by atoms with Crippen molar-refractivity contribution in [2.24, 2.45) is 0 Å². The van der Waals surface area contributed by atoms with Gasteiger partial charge in [0.05, 0.1) is 6.10 Å². The molecule has 0 aromatic heterocycles. The lowest BCUT2D eigenvalue weighted by Gasteiger charge is -2.25. The number of ether oxygens (including phenoxy) is 1. The second-order valence-electron chi connectivity index (χ2n) is 5.27. The molecule has 106 valence electrons. The minimum Gasteiger partial charge on any atom is -0.491 e. The Morgan fingerprint density at radius 3 is 1.85 bits per heavy atom. The molecule has 0 amide bonds. The first kappa shape index (κ1) is 14.5. The Morgan fingerprint density at radius 1 is 0.950 bits per heavy atom. The van der Waals surface area contributed by atoms with Crippen LogP contribution < -0.4 is 4.74 Å². The van der Waals surface area contributed by atoms with Crippen molar-refractivity contribution in [3.8, 4) is 5.75 Å². The number of hydrogen-bond acceptors (Lipinski definition) is 2. The first-order valence-corrected chi connectivity index (χ1v) is 6.65. The van der Waals surface area contributed by atoms with E-state index < -0.39 is 5.60 Å². The summed E-state index contributed by atoms with van der Waals surface area (Å²) >= 11 is 0. The predicted molar refractivity (Wildman–Crippen MR) is 77.3 cm³/mol. The van der Waals surface area contributed by atoms with Gasteiger partial charge in [-0.05, 0) is 56.2 Å². The lowest BCUT2D eigenvalue weighted by molar-refractivity contribution is 0.102. The first-order chi connectivity index (χ1) is 9.39. The third-order valence-corrected chi connectivity index (χ3v) is 3.19. The van der Waals surface area contributed by atoms with Crippen molar-refractivity contribution in [1.82, 2.24) is 0 Å². The number of rotatable bonds is 4. The van der Waals surface area contributed by atoms with Gasteiger partial charge in [-0.15, -0.1) is 0 Å². The zero-order chi connectivity index (χ0) is 14.8. The van der Waals surface area contributed by atoms with Crippen LogP contribution in [0.15, 0.2) is 48.5 Å². The van der Waals surface area contributed by atoms with Gasteiger partial charge in [-0.25, -0.2) is 4.39 Å². The van der Waals surface area contributed by atoms with E-state index in [1.54, 1.807) is 19.1 Å². The Bertz CT molecular complexity index is 557. The topological polar surface area (TPSA) is 29.5 Å². The zero-order valence-electron chi connectivity index (χ0n) is 11.9. The second kappa shape index (κ2) is 5.63. The first-order valence-electron chi connectivity index (χ1n) is 6.65. The van der Waals surface area contributed by atoms with Gasteiger partial charge >= 0.3 is 0 Å². The fraction of sp³-hybridized carbons (Fsp3) is 0.294. The minimum absolute atomic E-state index is 0.110. The molecule has 1 N–H and O–H groups in total. The molecule has 0 spiro atoms. The van der Waals surface area contributed by atoms with Crippen LogP contribution >= 0.6 is 0 Å². The molecule has 20 heavy (non-hydrogen) atoms. The van der Waals surface area contributed by atoms with Gasteiger partial charge in [0.2, 0.25) is 0 Å². The Kier molecular flexibility index (Phi) is 4.09. The van der Waals surface area contributed by atoms with E-state index in [-0.39, 0.29) is 11.9 Å². The minimum atomic E-state index is -1.16. The van der Waals surface area contributed by atoms with Crippen molar-refractivity contribution in [3.05, 3.63) is 65.5 Å². The molecule has 0 fully saturated rings. The summed E-state index contributed by atoms with van der Waals surface area (Å²) in [4.78, 5) is 0. The van der Waals surface area contributed by atoms with Gasteiger partial charge in [0.1, 0.15) is 17.2 Å². The lowest BCUT2D eigenvalue weighted by atomic mass is 9.88. The summed E-state index contributed by atoms with van der Waals surface area (Å²) in [7, 11) is 0. The smallest absolute Gasteiger partial charge is 0.123 e. The summed E-state index contributed by atoms with van der Waals surface area (Å²) in [6.07, 6.45) is 0.110. The molecule has 0 heterocycles. The van der Waals surface area contributed by atoms with E-state index in [0.717, 1.165) is 11.3 Å². The average molecular weight is 274 g/mol. The van der Waals surface area contributed by atoms with Crippen LogP contribution in [0.5, 0.6) is 5.75 Å². The van der Waals surface area contributed by atoms with E-state index in [9.17, 15) is 9.50 Å². The van der Waals surface area contributed by atoms with Crippen LogP contribution in [0, 0.1) is 5.82 Å². The number of benzene rings is 2. The van der Waals surface area contributed by atoms with Crippen molar-refractivity contribution >= 4 is 0 Å². The molecule has 2 aromatic rings. The van der Waals surface area contributed by atoms with Crippen molar-refractivity contribution in [2.75, 3.05) is 0 Å². The molecule has 1 atom stereocenters. The fourth-order valence-electron chi connectivity index (χ4n) is 2.07. The highest BCUT2D eigenvalue weighted by Crippen LogP contribution is 2.30. The lowest BCUT2D eigenvalue weighted by Crippen LogP contribution is -2.22. The molecule has 0 radical (unpaired) electrons. The van der Waals surface area contributed by atoms with Gasteiger partial charge < -0.3 is 9.84 Å². The van der Waals surface area contributed by atoms with Crippen molar-refractivity contribution in [3.63, 3.8) is 0 Å². The molecule has 0 bridgehead atoms. The Hall–Kier alpha value is -1.87. The second-order valence-corrected chi connectivity index (χ2v) is 5.27. The van der Waals surface area contributed by atoms with E-state index in [0.29, 0.717) is 5.56 Å². The molecule has 0 aliphatic heterocycles. The third-order valence-electron chi connectivity index (χ3n) is 3.19. The molecular formula is C17H19FO2. The average Bonchev–Trinajstić information content (AvgIpc) is 2.39. The molecule has 2 nitrogen and oxygen atoms in total. The van der Waals surface area contributed by atoms with Crippen molar-refractivity contribution < 1.29 is 14.2 Å². The monoisotopic (exact) mass is 274 g/mol. The summed E-state index contributed by atoms with van der Waals surface area (Å²) in [5, 5.41) is 10.7. The summed E-state index contributed by atoms with van der Waals surface area (Å²) < 4.78 is 18.5. The highest BCUT2D eigenvalue weighted by Gasteiger charge is 2.25. The Balaban J connectivity index is 2.27. The maximum absolute atomic E-state index is 13.0.